The number of benzene rings is 1. The van der Waals surface area contributed by atoms with Crippen LogP contribution in [0.4, 0.5) is 4.39 Å². The molecule has 1 fully saturated rings. The van der Waals surface area contributed by atoms with E-state index in [2.05, 4.69) is 27.7 Å². The van der Waals surface area contributed by atoms with Gasteiger partial charge in [0, 0.05) is 30.4 Å². The second-order valence-electron chi connectivity index (χ2n) is 8.88. The number of cyclic esters (lactones) is 1. The van der Waals surface area contributed by atoms with Crippen molar-refractivity contribution in [2.24, 2.45) is 0 Å². The molecule has 2 heterocycles. The maximum Gasteiger partial charge on any atom is 0.309 e. The van der Waals surface area contributed by atoms with Gasteiger partial charge in [0.2, 0.25) is 0 Å². The molecular weight excluding hydrogens is 409 g/mol. The van der Waals surface area contributed by atoms with Crippen LogP contribution >= 0.6 is 0 Å². The molecule has 3 rings (SSSR count). The van der Waals surface area contributed by atoms with Crippen molar-refractivity contribution in [3.05, 3.63) is 58.7 Å². The van der Waals surface area contributed by atoms with Crippen LogP contribution in [0, 0.1) is 5.82 Å². The van der Waals surface area contributed by atoms with Crippen LogP contribution in [0.3, 0.4) is 0 Å². The summed E-state index contributed by atoms with van der Waals surface area (Å²) in [4.78, 5) is 16.8. The molecule has 1 aromatic carbocycles. The van der Waals surface area contributed by atoms with E-state index in [9.17, 15) is 14.3 Å². The number of aliphatic hydroxyl groups excluding tert-OH is 1. The molecule has 1 unspecified atom stereocenters. The standard InChI is InChI=1S/C26H32FNO4/c1-15(2)25-21(11-10-20-12-19(29)13-23(30)32-20)24(17-6-8-18(27)9-7-17)22(14-31-5)26(28-25)16(3)4/h6-11,15-16,19-20,29H,12-14H2,1-5H3/b11-10+/t19-,20?/m1/s1. The fourth-order valence-corrected chi connectivity index (χ4v) is 4.13. The molecule has 1 aliphatic heterocycles. The molecule has 5 nitrogen and oxygen atoms in total. The molecule has 0 radical (unpaired) electrons. The Morgan fingerprint density at radius 1 is 1.19 bits per heavy atom. The number of pyridine rings is 1. The molecule has 0 aliphatic carbocycles. The van der Waals surface area contributed by atoms with Crippen LogP contribution in [0.2, 0.25) is 0 Å². The number of ether oxygens (including phenoxy) is 2. The van der Waals surface area contributed by atoms with Gasteiger partial charge in [-0.3, -0.25) is 9.78 Å². The monoisotopic (exact) mass is 441 g/mol. The van der Waals surface area contributed by atoms with E-state index in [0.717, 1.165) is 33.6 Å². The zero-order valence-corrected chi connectivity index (χ0v) is 19.4. The minimum atomic E-state index is -0.711. The molecule has 2 aromatic rings. The van der Waals surface area contributed by atoms with Gasteiger partial charge in [-0.15, -0.1) is 0 Å². The van der Waals surface area contributed by atoms with Gasteiger partial charge in [0.15, 0.2) is 0 Å². The van der Waals surface area contributed by atoms with Crippen LogP contribution in [-0.2, 0) is 20.9 Å². The fraction of sp³-hybridized carbons (Fsp3) is 0.462. The normalized spacial score (nSPS) is 19.2. The molecule has 1 saturated heterocycles. The van der Waals surface area contributed by atoms with Crippen molar-refractivity contribution in [1.82, 2.24) is 4.98 Å². The van der Waals surface area contributed by atoms with Crippen LogP contribution in [-0.4, -0.2) is 35.4 Å². The number of halogens is 1. The van der Waals surface area contributed by atoms with Crippen LogP contribution < -0.4 is 0 Å². The van der Waals surface area contributed by atoms with Crippen molar-refractivity contribution in [2.75, 3.05) is 7.11 Å². The van der Waals surface area contributed by atoms with Gasteiger partial charge in [0.25, 0.3) is 0 Å². The van der Waals surface area contributed by atoms with Gasteiger partial charge >= 0.3 is 5.97 Å². The Morgan fingerprint density at radius 3 is 2.41 bits per heavy atom. The van der Waals surface area contributed by atoms with E-state index in [0.29, 0.717) is 13.0 Å². The average Bonchev–Trinajstić information content (AvgIpc) is 2.72. The summed E-state index contributed by atoms with van der Waals surface area (Å²) in [6, 6.07) is 6.42. The van der Waals surface area contributed by atoms with E-state index in [1.165, 1.54) is 12.1 Å². The zero-order chi connectivity index (χ0) is 23.4. The Bertz CT molecular complexity index is 982. The van der Waals surface area contributed by atoms with Crippen LogP contribution in [0.1, 0.15) is 74.9 Å². The van der Waals surface area contributed by atoms with Crippen molar-refractivity contribution in [3.63, 3.8) is 0 Å². The number of hydrogen-bond acceptors (Lipinski definition) is 5. The maximum absolute atomic E-state index is 13.7. The Balaban J connectivity index is 2.24. The Morgan fingerprint density at radius 2 is 1.84 bits per heavy atom. The zero-order valence-electron chi connectivity index (χ0n) is 19.4. The van der Waals surface area contributed by atoms with E-state index < -0.39 is 18.2 Å². The minimum absolute atomic E-state index is 0.0189. The average molecular weight is 442 g/mol. The number of nitrogens with zero attached hydrogens (tertiary/aromatic N) is 1. The van der Waals surface area contributed by atoms with Gasteiger partial charge in [0.1, 0.15) is 11.9 Å². The molecule has 1 aromatic heterocycles. The Labute approximate surface area is 189 Å². The molecule has 1 aliphatic rings. The molecule has 172 valence electrons. The third kappa shape index (κ3) is 5.43. The lowest BCUT2D eigenvalue weighted by molar-refractivity contribution is -0.156. The van der Waals surface area contributed by atoms with Gasteiger partial charge < -0.3 is 14.6 Å². The number of hydrogen-bond donors (Lipinski definition) is 1. The summed E-state index contributed by atoms with van der Waals surface area (Å²) in [5.41, 5.74) is 5.51. The van der Waals surface area contributed by atoms with E-state index in [-0.39, 0.29) is 24.1 Å². The van der Waals surface area contributed by atoms with Crippen molar-refractivity contribution < 1.29 is 23.8 Å². The van der Waals surface area contributed by atoms with Gasteiger partial charge in [-0.2, -0.15) is 0 Å². The summed E-state index contributed by atoms with van der Waals surface area (Å²) in [6.45, 7) is 8.72. The first-order chi connectivity index (χ1) is 15.2. The summed E-state index contributed by atoms with van der Waals surface area (Å²) < 4.78 is 24.6. The molecule has 0 spiro atoms. The minimum Gasteiger partial charge on any atom is -0.458 e. The highest BCUT2D eigenvalue weighted by Gasteiger charge is 2.27. The number of carbonyl (C=O) groups excluding carboxylic acids is 1. The third-order valence-corrected chi connectivity index (χ3v) is 5.58. The molecule has 0 bridgehead atoms. The smallest absolute Gasteiger partial charge is 0.309 e. The highest BCUT2D eigenvalue weighted by molar-refractivity contribution is 5.80. The quantitative estimate of drug-likeness (QED) is 0.586. The van der Waals surface area contributed by atoms with Crippen molar-refractivity contribution in [1.29, 1.82) is 0 Å². The van der Waals surface area contributed by atoms with Crippen LogP contribution in [0.15, 0.2) is 30.3 Å². The first-order valence-corrected chi connectivity index (χ1v) is 11.1. The lowest BCUT2D eigenvalue weighted by Crippen LogP contribution is -2.31. The van der Waals surface area contributed by atoms with Crippen molar-refractivity contribution in [3.8, 4) is 11.1 Å². The van der Waals surface area contributed by atoms with Crippen LogP contribution in [0.25, 0.3) is 17.2 Å². The highest BCUT2D eigenvalue weighted by atomic mass is 19.1. The summed E-state index contributed by atoms with van der Waals surface area (Å²) in [6.07, 6.45) is 2.88. The highest BCUT2D eigenvalue weighted by Crippen LogP contribution is 2.38. The van der Waals surface area contributed by atoms with Crippen molar-refractivity contribution >= 4 is 12.0 Å². The first kappa shape index (κ1) is 24.1. The third-order valence-electron chi connectivity index (χ3n) is 5.58. The van der Waals surface area contributed by atoms with Crippen molar-refractivity contribution in [2.45, 2.75) is 71.2 Å². The summed E-state index contributed by atoms with van der Waals surface area (Å²) >= 11 is 0. The largest absolute Gasteiger partial charge is 0.458 e. The number of esters is 1. The predicted octanol–water partition coefficient (Wildman–Crippen LogP) is 5.36. The summed E-state index contributed by atoms with van der Waals surface area (Å²) in [5.74, 6) is -0.411. The van der Waals surface area contributed by atoms with Gasteiger partial charge in [-0.05, 0) is 41.2 Å². The molecule has 0 saturated carbocycles. The second-order valence-corrected chi connectivity index (χ2v) is 8.88. The molecule has 1 N–H and O–H groups in total. The maximum atomic E-state index is 13.7. The van der Waals surface area contributed by atoms with Gasteiger partial charge in [-0.25, -0.2) is 4.39 Å². The molecule has 6 heteroatoms. The second kappa shape index (κ2) is 10.4. The molecule has 2 atom stereocenters. The van der Waals surface area contributed by atoms with Gasteiger partial charge in [0.05, 0.1) is 24.8 Å². The number of aliphatic hydroxyl groups is 1. The number of aromatic nitrogens is 1. The predicted molar refractivity (Wildman–Crippen MR) is 123 cm³/mol. The Hall–Kier alpha value is -2.57. The van der Waals surface area contributed by atoms with E-state index >= 15 is 0 Å². The molecular formula is C26H32FNO4. The molecule has 0 amide bonds. The van der Waals surface area contributed by atoms with E-state index in [1.807, 2.05) is 12.2 Å². The van der Waals surface area contributed by atoms with E-state index in [4.69, 9.17) is 14.5 Å². The number of methoxy groups -OCH3 is 1. The van der Waals surface area contributed by atoms with Crippen LogP contribution in [0.5, 0.6) is 0 Å². The topological polar surface area (TPSA) is 68.7 Å². The number of rotatable bonds is 7. The fourth-order valence-electron chi connectivity index (χ4n) is 4.13. The lowest BCUT2D eigenvalue weighted by Gasteiger charge is -2.25. The summed E-state index contributed by atoms with van der Waals surface area (Å²) in [7, 11) is 1.65. The Kier molecular flexibility index (Phi) is 7.80. The first-order valence-electron chi connectivity index (χ1n) is 11.1. The lowest BCUT2D eigenvalue weighted by atomic mass is 9.87. The number of carbonyl (C=O) groups is 1. The summed E-state index contributed by atoms with van der Waals surface area (Å²) in [5, 5.41) is 9.96. The SMILES string of the molecule is COCc1c(C(C)C)nc(C(C)C)c(/C=C/C2C[C@@H](O)CC(=O)O2)c1-c1ccc(F)cc1. The molecule has 32 heavy (non-hydrogen) atoms. The van der Waals surface area contributed by atoms with Gasteiger partial charge in [-0.1, -0.05) is 45.9 Å². The van der Waals surface area contributed by atoms with E-state index in [1.54, 1.807) is 19.2 Å².